The lowest BCUT2D eigenvalue weighted by molar-refractivity contribution is 0.0184. The fourth-order valence-corrected chi connectivity index (χ4v) is 5.18. The molecule has 0 bridgehead atoms. The first kappa shape index (κ1) is 16.5. The number of rotatable bonds is 3. The Kier molecular flexibility index (Phi) is 4.13. The lowest BCUT2D eigenvalue weighted by atomic mass is 9.70. The van der Waals surface area contributed by atoms with E-state index in [0.717, 1.165) is 36.3 Å². The fraction of sp³-hybridized carbons (Fsp3) is 0.591. The van der Waals surface area contributed by atoms with Crippen molar-refractivity contribution in [1.29, 1.82) is 0 Å². The maximum Gasteiger partial charge on any atom is 0.133 e. The van der Waals surface area contributed by atoms with Crippen LogP contribution in [-0.2, 0) is 10.3 Å². The van der Waals surface area contributed by atoms with Crippen LogP contribution in [0.4, 0.5) is 5.69 Å². The number of methoxy groups -OCH3 is 1. The van der Waals surface area contributed by atoms with Crippen molar-refractivity contribution < 1.29 is 11.2 Å². The van der Waals surface area contributed by atoms with E-state index in [1.165, 1.54) is 5.57 Å². The van der Waals surface area contributed by atoms with Crippen molar-refractivity contribution in [3.8, 4) is 0 Å². The van der Waals surface area contributed by atoms with Gasteiger partial charge in [-0.25, -0.2) is 0 Å². The number of piperidine rings is 2. The molecule has 0 aromatic heterocycles. The minimum Gasteiger partial charge on any atom is -0.504 e. The summed E-state index contributed by atoms with van der Waals surface area (Å²) in [7, 11) is 1.68. The standard InChI is InChI=1S/C22H30N2O2/c1-5-16-12-24-10-9-22(25)20-14(2)7-6-8-18(20)23-21(22)19(24)11-17(16)15(3)13-26-4/h6-8,13,16-17,19,25H,5,9-12H2,1-4H3/b15-13-/t16-,17+,19-,22-/m0/s1/i19D. The van der Waals surface area contributed by atoms with E-state index in [9.17, 15) is 6.48 Å². The van der Waals surface area contributed by atoms with Gasteiger partial charge in [0.2, 0.25) is 0 Å². The molecule has 4 nitrogen and oxygen atoms in total. The Morgan fingerprint density at radius 3 is 3.08 bits per heavy atom. The quantitative estimate of drug-likeness (QED) is 0.836. The van der Waals surface area contributed by atoms with Gasteiger partial charge in [-0.2, -0.15) is 0 Å². The van der Waals surface area contributed by atoms with E-state index in [1.807, 2.05) is 31.4 Å². The van der Waals surface area contributed by atoms with Crippen LogP contribution in [0.1, 0.15) is 45.6 Å². The molecule has 0 saturated carbocycles. The molecule has 1 N–H and O–H groups in total. The van der Waals surface area contributed by atoms with Gasteiger partial charge in [0, 0.05) is 18.7 Å². The summed E-state index contributed by atoms with van der Waals surface area (Å²) in [6.07, 6.45) is 4.14. The zero-order valence-electron chi connectivity index (χ0n) is 17.2. The summed E-state index contributed by atoms with van der Waals surface area (Å²) in [6, 6.07) is 5.00. The summed E-state index contributed by atoms with van der Waals surface area (Å²) in [4.78, 5) is 7.08. The minimum absolute atomic E-state index is 0.263. The molecule has 2 saturated heterocycles. The molecule has 1 aromatic rings. The van der Waals surface area contributed by atoms with Gasteiger partial charge in [0.1, 0.15) is 5.60 Å². The van der Waals surface area contributed by atoms with Crippen molar-refractivity contribution in [1.82, 2.24) is 4.90 Å². The van der Waals surface area contributed by atoms with Crippen LogP contribution in [0.3, 0.4) is 0 Å². The highest BCUT2D eigenvalue weighted by molar-refractivity contribution is 6.04. The number of aliphatic imine (C=N–C) groups is 1. The number of aryl methyl sites for hydroxylation is 1. The summed E-state index contributed by atoms with van der Waals surface area (Å²) in [5.74, 6) is 0.755. The van der Waals surface area contributed by atoms with Crippen LogP contribution in [0.25, 0.3) is 0 Å². The highest BCUT2D eigenvalue weighted by Gasteiger charge is 2.52. The fourth-order valence-electron chi connectivity index (χ4n) is 5.18. The smallest absolute Gasteiger partial charge is 0.133 e. The van der Waals surface area contributed by atoms with Crippen LogP contribution in [0, 0.1) is 18.8 Å². The average molecular weight is 356 g/mol. The Labute approximate surface area is 158 Å². The van der Waals surface area contributed by atoms with Gasteiger partial charge in [-0.1, -0.05) is 25.5 Å². The molecule has 140 valence electrons. The molecular formula is C22H30N2O2. The number of hydrogen-bond donors (Lipinski definition) is 1. The predicted molar refractivity (Wildman–Crippen MR) is 105 cm³/mol. The van der Waals surface area contributed by atoms with Gasteiger partial charge in [-0.15, -0.1) is 0 Å². The molecule has 0 spiro atoms. The number of benzene rings is 1. The Morgan fingerprint density at radius 1 is 1.54 bits per heavy atom. The lowest BCUT2D eigenvalue weighted by Crippen LogP contribution is -2.60. The zero-order valence-corrected chi connectivity index (χ0v) is 16.2. The summed E-state index contributed by atoms with van der Waals surface area (Å²) in [6.45, 7) is 7.94. The van der Waals surface area contributed by atoms with Gasteiger partial charge in [-0.05, 0) is 55.7 Å². The largest absolute Gasteiger partial charge is 0.504 e. The van der Waals surface area contributed by atoms with Crippen LogP contribution in [0.15, 0.2) is 35.0 Å². The molecule has 0 aliphatic carbocycles. The number of ether oxygens (including phenoxy) is 1. The number of fused-ring (bicyclic) bond motifs is 5. The minimum atomic E-state index is -1.11. The molecule has 3 aliphatic heterocycles. The van der Waals surface area contributed by atoms with E-state index in [0.29, 0.717) is 24.5 Å². The first-order chi connectivity index (χ1) is 12.8. The first-order valence-electron chi connectivity index (χ1n) is 10.2. The molecule has 4 atom stereocenters. The van der Waals surface area contributed by atoms with Crippen molar-refractivity contribution >= 4 is 11.4 Å². The van der Waals surface area contributed by atoms with Crippen molar-refractivity contribution in [3.05, 3.63) is 41.2 Å². The number of allylic oxidation sites excluding steroid dienone is 1. The van der Waals surface area contributed by atoms with Crippen molar-refractivity contribution in [2.45, 2.75) is 51.7 Å². The number of nitrogens with zero attached hydrogens (tertiary/aromatic N) is 2. The number of hydrogen-bond acceptors (Lipinski definition) is 4. The van der Waals surface area contributed by atoms with E-state index < -0.39 is 11.6 Å². The monoisotopic (exact) mass is 355 g/mol. The third-order valence-electron chi connectivity index (χ3n) is 6.54. The van der Waals surface area contributed by atoms with Crippen molar-refractivity contribution in [2.24, 2.45) is 16.8 Å². The van der Waals surface area contributed by atoms with Crippen LogP contribution < -0.4 is 0 Å². The van der Waals surface area contributed by atoms with Gasteiger partial charge in [0.05, 0.1) is 32.2 Å². The highest BCUT2D eigenvalue weighted by Crippen LogP contribution is 2.49. The van der Waals surface area contributed by atoms with Gasteiger partial charge >= 0.3 is 0 Å². The Balaban J connectivity index is 1.78. The molecular weight excluding hydrogens is 324 g/mol. The predicted octanol–water partition coefficient (Wildman–Crippen LogP) is 3.94. The molecule has 1 aromatic carbocycles. The van der Waals surface area contributed by atoms with E-state index in [4.69, 9.17) is 9.73 Å². The van der Waals surface area contributed by atoms with Crippen LogP contribution in [0.2, 0.25) is 0 Å². The lowest BCUT2D eigenvalue weighted by Gasteiger charge is -2.50. The maximum absolute atomic E-state index is 11.7. The van der Waals surface area contributed by atoms with Crippen LogP contribution >= 0.6 is 0 Å². The summed E-state index contributed by atoms with van der Waals surface area (Å²) >= 11 is 0. The first-order valence-corrected chi connectivity index (χ1v) is 9.71. The van der Waals surface area contributed by atoms with Gasteiger partial charge < -0.3 is 9.84 Å². The molecule has 0 radical (unpaired) electrons. The molecule has 0 amide bonds. The zero-order chi connectivity index (χ0) is 19.4. The maximum atomic E-state index is 11.7. The van der Waals surface area contributed by atoms with E-state index >= 15 is 0 Å². The third kappa shape index (κ3) is 2.54. The molecule has 0 unspecified atom stereocenters. The van der Waals surface area contributed by atoms with Crippen LogP contribution in [-0.4, -0.2) is 41.9 Å². The molecule has 4 rings (SSSR count). The number of aliphatic hydroxyl groups is 1. The van der Waals surface area contributed by atoms with Crippen molar-refractivity contribution in [2.75, 3.05) is 20.2 Å². The van der Waals surface area contributed by atoms with Gasteiger partial charge in [0.15, 0.2) is 0 Å². The second kappa shape index (κ2) is 6.50. The van der Waals surface area contributed by atoms with Crippen molar-refractivity contribution in [3.63, 3.8) is 0 Å². The highest BCUT2D eigenvalue weighted by atomic mass is 16.5. The average Bonchev–Trinajstić information content (AvgIpc) is 2.96. The van der Waals surface area contributed by atoms with Gasteiger partial charge in [-0.3, -0.25) is 9.89 Å². The topological polar surface area (TPSA) is 45.1 Å². The second-order valence-electron chi connectivity index (χ2n) is 8.01. The molecule has 2 fully saturated rings. The normalized spacial score (nSPS) is 37.3. The third-order valence-corrected chi connectivity index (χ3v) is 6.54. The Bertz CT molecular complexity index is 821. The summed E-state index contributed by atoms with van der Waals surface area (Å²) < 4.78 is 14.7. The van der Waals surface area contributed by atoms with Crippen LogP contribution in [0.5, 0.6) is 0 Å². The molecule has 26 heavy (non-hydrogen) atoms. The molecule has 3 heterocycles. The van der Waals surface area contributed by atoms with Gasteiger partial charge in [0.25, 0.3) is 0 Å². The molecule has 3 aliphatic rings. The van der Waals surface area contributed by atoms with E-state index in [2.05, 4.69) is 18.7 Å². The van der Waals surface area contributed by atoms with E-state index in [-0.39, 0.29) is 5.92 Å². The summed E-state index contributed by atoms with van der Waals surface area (Å²) in [5.41, 5.74) is 3.48. The second-order valence-corrected chi connectivity index (χ2v) is 8.01. The Hall–Kier alpha value is -1.65. The SMILES string of the molecule is [2H][C@@]12C[C@H](/C(C)=C\OC)[C@@H](CC)CN1CC[C@@]1(O)C2=Nc2cccc(C)c21. The summed E-state index contributed by atoms with van der Waals surface area (Å²) in [5, 5.41) is 11.7. The Morgan fingerprint density at radius 2 is 2.35 bits per heavy atom. The van der Waals surface area contributed by atoms with E-state index in [1.54, 1.807) is 7.11 Å². The molecule has 4 heteroatoms.